The Hall–Kier alpha value is -1.95. The molecule has 0 N–H and O–H groups in total. The van der Waals surface area contributed by atoms with Crippen LogP contribution in [0, 0.1) is 0 Å². The number of rotatable bonds is 3. The van der Waals surface area contributed by atoms with Gasteiger partial charge in [-0.3, -0.25) is 0 Å². The van der Waals surface area contributed by atoms with Gasteiger partial charge in [0.2, 0.25) is 5.56 Å². The molecular formula is C14H17ClO6. The van der Waals surface area contributed by atoms with Gasteiger partial charge in [-0.15, -0.1) is 0 Å². The summed E-state index contributed by atoms with van der Waals surface area (Å²) in [6.45, 7) is 5.10. The van der Waals surface area contributed by atoms with E-state index in [9.17, 15) is 9.59 Å². The number of ether oxygens (including phenoxy) is 4. The van der Waals surface area contributed by atoms with Crippen LogP contribution in [-0.4, -0.2) is 25.0 Å². The van der Waals surface area contributed by atoms with Gasteiger partial charge in [0.25, 0.3) is 0 Å². The van der Waals surface area contributed by atoms with Crippen molar-refractivity contribution in [3.05, 3.63) is 29.8 Å². The number of carbonyl (C=O) groups excluding carboxylic acids is 2. The summed E-state index contributed by atoms with van der Waals surface area (Å²) < 4.78 is 19.3. The first-order chi connectivity index (χ1) is 9.73. The largest absolute Gasteiger partial charge is 0.513 e. The first-order valence-electron chi connectivity index (χ1n) is 6.11. The zero-order valence-electron chi connectivity index (χ0n) is 12.2. The van der Waals surface area contributed by atoms with Gasteiger partial charge in [-0.2, -0.15) is 0 Å². The van der Waals surface area contributed by atoms with E-state index in [1.165, 1.54) is 13.2 Å². The second-order valence-corrected chi connectivity index (χ2v) is 5.39. The summed E-state index contributed by atoms with van der Waals surface area (Å²) in [6.07, 6.45) is -1.82. The standard InChI is InChI=1S/C14H17ClO6/c1-14(2,3)21-13(17)20-11(15)9-7-5-6-8-10(9)19-12(16)18-4/h5-8,11H,1-4H3. The highest BCUT2D eigenvalue weighted by molar-refractivity contribution is 6.20. The Morgan fingerprint density at radius 2 is 1.76 bits per heavy atom. The second-order valence-electron chi connectivity index (χ2n) is 4.99. The molecule has 0 amide bonds. The molecule has 0 aliphatic carbocycles. The average Bonchev–Trinajstić information content (AvgIpc) is 2.36. The Morgan fingerprint density at radius 3 is 2.33 bits per heavy atom. The van der Waals surface area contributed by atoms with Crippen LogP contribution in [0.15, 0.2) is 24.3 Å². The maximum Gasteiger partial charge on any atom is 0.513 e. The predicted octanol–water partition coefficient (Wildman–Crippen LogP) is 4.02. The molecule has 0 aromatic heterocycles. The smallest absolute Gasteiger partial charge is 0.437 e. The van der Waals surface area contributed by atoms with Crippen molar-refractivity contribution < 1.29 is 28.5 Å². The van der Waals surface area contributed by atoms with E-state index < -0.39 is 23.5 Å². The normalized spacial score (nSPS) is 12.2. The number of benzene rings is 1. The Balaban J connectivity index is 2.80. The lowest BCUT2D eigenvalue weighted by Gasteiger charge is -2.21. The molecule has 1 rings (SSSR count). The van der Waals surface area contributed by atoms with Crippen LogP contribution >= 0.6 is 11.6 Å². The van der Waals surface area contributed by atoms with Crippen molar-refractivity contribution in [1.29, 1.82) is 0 Å². The minimum absolute atomic E-state index is 0.132. The molecule has 0 saturated carbocycles. The summed E-state index contributed by atoms with van der Waals surface area (Å²) >= 11 is 6.01. The van der Waals surface area contributed by atoms with Crippen molar-refractivity contribution in [2.75, 3.05) is 7.11 Å². The Labute approximate surface area is 127 Å². The molecule has 116 valence electrons. The molecule has 1 aromatic carbocycles. The molecule has 0 fully saturated rings. The fraction of sp³-hybridized carbons (Fsp3) is 0.429. The van der Waals surface area contributed by atoms with E-state index in [0.717, 1.165) is 0 Å². The Kier molecular flexibility index (Phi) is 5.84. The van der Waals surface area contributed by atoms with E-state index in [1.807, 2.05) is 0 Å². The minimum atomic E-state index is -1.17. The number of methoxy groups -OCH3 is 1. The van der Waals surface area contributed by atoms with Crippen LogP contribution in [-0.2, 0) is 14.2 Å². The van der Waals surface area contributed by atoms with Crippen LogP contribution in [0.25, 0.3) is 0 Å². The molecule has 0 saturated heterocycles. The lowest BCUT2D eigenvalue weighted by Crippen LogP contribution is -2.25. The first kappa shape index (κ1) is 17.1. The predicted molar refractivity (Wildman–Crippen MR) is 75.4 cm³/mol. The van der Waals surface area contributed by atoms with Gasteiger partial charge >= 0.3 is 12.3 Å². The Morgan fingerprint density at radius 1 is 1.14 bits per heavy atom. The van der Waals surface area contributed by atoms with E-state index in [1.54, 1.807) is 39.0 Å². The molecule has 0 radical (unpaired) electrons. The number of hydrogen-bond acceptors (Lipinski definition) is 6. The van der Waals surface area contributed by atoms with Crippen molar-refractivity contribution in [2.24, 2.45) is 0 Å². The third kappa shape index (κ3) is 5.91. The third-order valence-corrected chi connectivity index (χ3v) is 2.44. The highest BCUT2D eigenvalue weighted by Gasteiger charge is 2.23. The number of hydrogen-bond donors (Lipinski definition) is 0. The second kappa shape index (κ2) is 7.17. The molecule has 6 nitrogen and oxygen atoms in total. The van der Waals surface area contributed by atoms with Crippen molar-refractivity contribution >= 4 is 23.9 Å². The number of alkyl halides is 1. The first-order valence-corrected chi connectivity index (χ1v) is 6.55. The molecule has 0 bridgehead atoms. The molecular weight excluding hydrogens is 300 g/mol. The quantitative estimate of drug-likeness (QED) is 0.476. The maximum absolute atomic E-state index is 11.6. The van der Waals surface area contributed by atoms with Gasteiger partial charge in [0.05, 0.1) is 12.7 Å². The van der Waals surface area contributed by atoms with Crippen LogP contribution in [0.5, 0.6) is 5.75 Å². The number of halogens is 1. The van der Waals surface area contributed by atoms with Crippen molar-refractivity contribution in [3.63, 3.8) is 0 Å². The molecule has 0 aliphatic rings. The highest BCUT2D eigenvalue weighted by Crippen LogP contribution is 2.31. The summed E-state index contributed by atoms with van der Waals surface area (Å²) in [7, 11) is 1.18. The van der Waals surface area contributed by atoms with Crippen LogP contribution in [0.2, 0.25) is 0 Å². The molecule has 0 spiro atoms. The van der Waals surface area contributed by atoms with E-state index >= 15 is 0 Å². The molecule has 1 aromatic rings. The van der Waals surface area contributed by atoms with Gasteiger partial charge in [0, 0.05) is 0 Å². The number of carbonyl (C=O) groups is 2. The van der Waals surface area contributed by atoms with E-state index in [-0.39, 0.29) is 5.75 Å². The molecule has 21 heavy (non-hydrogen) atoms. The number of para-hydroxylation sites is 1. The van der Waals surface area contributed by atoms with E-state index in [2.05, 4.69) is 4.74 Å². The molecule has 7 heteroatoms. The van der Waals surface area contributed by atoms with Crippen LogP contribution in [0.1, 0.15) is 31.9 Å². The van der Waals surface area contributed by atoms with Gasteiger partial charge in [0.15, 0.2) is 0 Å². The van der Waals surface area contributed by atoms with Gasteiger partial charge in [-0.25, -0.2) is 9.59 Å². The third-order valence-electron chi connectivity index (χ3n) is 2.11. The molecule has 0 aliphatic heterocycles. The summed E-state index contributed by atoms with van der Waals surface area (Å²) in [5.41, 5.74) is -1.56. The summed E-state index contributed by atoms with van der Waals surface area (Å²) in [5.74, 6) is 0.132. The zero-order chi connectivity index (χ0) is 16.0. The monoisotopic (exact) mass is 316 g/mol. The van der Waals surface area contributed by atoms with Crippen LogP contribution in [0.3, 0.4) is 0 Å². The van der Waals surface area contributed by atoms with E-state index in [0.29, 0.717) is 5.56 Å². The molecule has 1 unspecified atom stereocenters. The molecule has 1 atom stereocenters. The van der Waals surface area contributed by atoms with Crippen LogP contribution < -0.4 is 4.74 Å². The van der Waals surface area contributed by atoms with Crippen molar-refractivity contribution in [2.45, 2.75) is 31.9 Å². The minimum Gasteiger partial charge on any atom is -0.437 e. The summed E-state index contributed by atoms with van der Waals surface area (Å²) in [6, 6.07) is 6.35. The fourth-order valence-electron chi connectivity index (χ4n) is 1.31. The van der Waals surface area contributed by atoms with Gasteiger partial charge in [-0.05, 0) is 26.8 Å². The zero-order valence-corrected chi connectivity index (χ0v) is 13.0. The highest BCUT2D eigenvalue weighted by atomic mass is 35.5. The van der Waals surface area contributed by atoms with Gasteiger partial charge in [0.1, 0.15) is 11.4 Å². The van der Waals surface area contributed by atoms with Gasteiger partial charge in [-0.1, -0.05) is 29.8 Å². The van der Waals surface area contributed by atoms with E-state index in [4.69, 9.17) is 25.8 Å². The average molecular weight is 317 g/mol. The lowest BCUT2D eigenvalue weighted by molar-refractivity contribution is -0.0137. The summed E-state index contributed by atoms with van der Waals surface area (Å²) in [5, 5.41) is 0. The summed E-state index contributed by atoms with van der Waals surface area (Å²) in [4.78, 5) is 22.7. The van der Waals surface area contributed by atoms with Crippen molar-refractivity contribution in [3.8, 4) is 5.75 Å². The van der Waals surface area contributed by atoms with Gasteiger partial charge < -0.3 is 18.9 Å². The topological polar surface area (TPSA) is 71.1 Å². The SMILES string of the molecule is COC(=O)Oc1ccccc1C(Cl)OC(=O)OC(C)(C)C. The molecule has 0 heterocycles. The van der Waals surface area contributed by atoms with Crippen LogP contribution in [0.4, 0.5) is 9.59 Å². The lowest BCUT2D eigenvalue weighted by atomic mass is 10.2. The Bertz CT molecular complexity index is 508. The van der Waals surface area contributed by atoms with Crippen molar-refractivity contribution in [1.82, 2.24) is 0 Å². The fourth-order valence-corrected chi connectivity index (χ4v) is 1.57. The maximum atomic E-state index is 11.6.